The van der Waals surface area contributed by atoms with Crippen LogP contribution in [-0.2, 0) is 16.6 Å². The SMILES string of the molecule is O=CNc1ccc2c3c1OC1C(NC(=O)c4ccco4)CC[C@@]4(O)[C@@H](C2)N(CC2CC2)CC[C@]314. The van der Waals surface area contributed by atoms with Crippen molar-refractivity contribution >= 4 is 18.0 Å². The maximum Gasteiger partial charge on any atom is 0.287 e. The molecule has 3 heterocycles. The van der Waals surface area contributed by atoms with Crippen LogP contribution in [0.1, 0.15) is 53.8 Å². The molecule has 1 aromatic carbocycles. The number of nitrogens with zero attached hydrogens (tertiary/aromatic N) is 1. The van der Waals surface area contributed by atoms with E-state index in [0.717, 1.165) is 37.4 Å². The van der Waals surface area contributed by atoms with Crippen LogP contribution in [0.3, 0.4) is 0 Å². The molecular formula is C26H29N3O5. The minimum absolute atomic E-state index is 0.0259. The Hall–Kier alpha value is -2.84. The first kappa shape index (κ1) is 20.5. The van der Waals surface area contributed by atoms with Gasteiger partial charge in [-0.3, -0.25) is 14.5 Å². The Morgan fingerprint density at radius 2 is 2.12 bits per heavy atom. The van der Waals surface area contributed by atoms with Gasteiger partial charge in [-0.2, -0.15) is 0 Å². The molecule has 2 aromatic rings. The molecule has 1 saturated heterocycles. The summed E-state index contributed by atoms with van der Waals surface area (Å²) in [6.45, 7) is 1.94. The van der Waals surface area contributed by atoms with Gasteiger partial charge >= 0.3 is 0 Å². The Bertz CT molecular complexity index is 1160. The van der Waals surface area contributed by atoms with Crippen molar-refractivity contribution in [1.82, 2.24) is 10.2 Å². The first-order valence-electron chi connectivity index (χ1n) is 12.4. The molecular weight excluding hydrogens is 434 g/mol. The van der Waals surface area contributed by atoms with Crippen LogP contribution in [0.15, 0.2) is 34.9 Å². The van der Waals surface area contributed by atoms with Crippen molar-refractivity contribution in [2.45, 2.75) is 67.7 Å². The van der Waals surface area contributed by atoms with E-state index in [0.29, 0.717) is 30.7 Å². The van der Waals surface area contributed by atoms with E-state index in [2.05, 4.69) is 21.6 Å². The van der Waals surface area contributed by atoms with Gasteiger partial charge in [-0.25, -0.2) is 0 Å². The predicted molar refractivity (Wildman–Crippen MR) is 123 cm³/mol. The van der Waals surface area contributed by atoms with E-state index in [1.54, 1.807) is 12.1 Å². The topological polar surface area (TPSA) is 104 Å². The Balaban J connectivity index is 1.33. The standard InChI is InChI=1S/C26H29N3O5/c30-14-27-17-6-5-16-12-20-26(32)8-7-18(28-24(31)19-2-1-11-33-19)23-25(26,21(16)22(17)34-23)9-10-29(20)13-15-3-4-15/h1-2,5-6,11,14-15,18,20,23,32H,3-4,7-10,12-13H2,(H,27,30)(H,28,31)/t18?,20-,23?,25+,26-/m1/s1. The van der Waals surface area contributed by atoms with Crippen LogP contribution in [0.5, 0.6) is 5.75 Å². The van der Waals surface area contributed by atoms with Crippen LogP contribution in [0, 0.1) is 5.92 Å². The van der Waals surface area contributed by atoms with E-state index < -0.39 is 17.1 Å². The number of carbonyl (C=O) groups is 2. The minimum atomic E-state index is -0.950. The number of amides is 2. The molecule has 5 atom stereocenters. The maximum atomic E-state index is 12.9. The average molecular weight is 464 g/mol. The summed E-state index contributed by atoms with van der Waals surface area (Å²) in [5.74, 6) is 1.38. The van der Waals surface area contributed by atoms with Crippen LogP contribution in [0.4, 0.5) is 5.69 Å². The van der Waals surface area contributed by atoms with E-state index in [1.165, 1.54) is 24.7 Å². The summed E-state index contributed by atoms with van der Waals surface area (Å²) >= 11 is 0. The molecule has 7 rings (SSSR count). The summed E-state index contributed by atoms with van der Waals surface area (Å²) in [6.07, 6.45) is 7.02. The molecule has 3 fully saturated rings. The smallest absolute Gasteiger partial charge is 0.287 e. The summed E-state index contributed by atoms with van der Waals surface area (Å²) in [7, 11) is 0. The largest absolute Gasteiger partial charge is 0.485 e. The highest BCUT2D eigenvalue weighted by Gasteiger charge is 2.73. The zero-order valence-electron chi connectivity index (χ0n) is 19.0. The first-order valence-corrected chi connectivity index (χ1v) is 12.4. The monoisotopic (exact) mass is 463 g/mol. The lowest BCUT2D eigenvalue weighted by atomic mass is 9.48. The maximum absolute atomic E-state index is 12.9. The van der Waals surface area contributed by atoms with E-state index in [4.69, 9.17) is 9.15 Å². The molecule has 3 aliphatic carbocycles. The highest BCUT2D eigenvalue weighted by molar-refractivity contribution is 5.91. The zero-order valence-corrected chi connectivity index (χ0v) is 19.0. The third-order valence-electron chi connectivity index (χ3n) is 9.06. The van der Waals surface area contributed by atoms with Crippen LogP contribution >= 0.6 is 0 Å². The third kappa shape index (κ3) is 2.61. The van der Waals surface area contributed by atoms with Crippen molar-refractivity contribution in [3.8, 4) is 5.75 Å². The summed E-state index contributed by atoms with van der Waals surface area (Å²) in [4.78, 5) is 26.8. The Morgan fingerprint density at radius 3 is 2.88 bits per heavy atom. The number of furan rings is 1. The normalized spacial score (nSPS) is 35.3. The molecule has 5 aliphatic rings. The predicted octanol–water partition coefficient (Wildman–Crippen LogP) is 2.21. The van der Waals surface area contributed by atoms with Gasteiger partial charge in [0.15, 0.2) is 5.76 Å². The highest BCUT2D eigenvalue weighted by Crippen LogP contribution is 2.65. The lowest BCUT2D eigenvalue weighted by Crippen LogP contribution is -2.78. The van der Waals surface area contributed by atoms with Crippen LogP contribution in [0.2, 0.25) is 0 Å². The van der Waals surface area contributed by atoms with Crippen molar-refractivity contribution < 1.29 is 23.8 Å². The minimum Gasteiger partial charge on any atom is -0.485 e. The van der Waals surface area contributed by atoms with E-state index in [9.17, 15) is 14.7 Å². The van der Waals surface area contributed by atoms with E-state index in [1.807, 2.05) is 6.07 Å². The Morgan fingerprint density at radius 1 is 1.24 bits per heavy atom. The second-order valence-electron chi connectivity index (χ2n) is 10.7. The molecule has 3 N–H and O–H groups in total. The molecule has 8 nitrogen and oxygen atoms in total. The van der Waals surface area contributed by atoms with E-state index in [-0.39, 0.29) is 23.8 Å². The van der Waals surface area contributed by atoms with Gasteiger partial charge in [0.05, 0.1) is 29.0 Å². The zero-order chi connectivity index (χ0) is 23.1. The van der Waals surface area contributed by atoms with Gasteiger partial charge in [0.1, 0.15) is 11.9 Å². The van der Waals surface area contributed by atoms with Crippen molar-refractivity contribution in [1.29, 1.82) is 0 Å². The van der Waals surface area contributed by atoms with Gasteiger partial charge in [0, 0.05) is 18.2 Å². The number of piperidine rings is 1. The van der Waals surface area contributed by atoms with Gasteiger partial charge in [-0.15, -0.1) is 0 Å². The number of nitrogens with one attached hydrogen (secondary N) is 2. The lowest BCUT2D eigenvalue weighted by Gasteiger charge is -2.64. The summed E-state index contributed by atoms with van der Waals surface area (Å²) in [5, 5.41) is 18.5. The fourth-order valence-electron chi connectivity index (χ4n) is 7.47. The van der Waals surface area contributed by atoms with Gasteiger partial charge in [-0.05, 0) is 74.8 Å². The number of ether oxygens (including phenoxy) is 1. The summed E-state index contributed by atoms with van der Waals surface area (Å²) < 4.78 is 12.0. The van der Waals surface area contributed by atoms with Gasteiger partial charge < -0.3 is 24.9 Å². The lowest BCUT2D eigenvalue weighted by molar-refractivity contribution is -0.191. The van der Waals surface area contributed by atoms with E-state index >= 15 is 0 Å². The number of aliphatic hydroxyl groups is 1. The molecule has 2 aliphatic heterocycles. The van der Waals surface area contributed by atoms with Gasteiger partial charge in [0.25, 0.3) is 5.91 Å². The molecule has 34 heavy (non-hydrogen) atoms. The Kier molecular flexibility index (Phi) is 4.28. The second-order valence-corrected chi connectivity index (χ2v) is 10.7. The van der Waals surface area contributed by atoms with Gasteiger partial charge in [-0.1, -0.05) is 6.07 Å². The molecule has 2 saturated carbocycles. The average Bonchev–Trinajstić information content (AvgIpc) is 3.32. The molecule has 2 unspecified atom stereocenters. The number of likely N-dealkylation sites (tertiary alicyclic amines) is 1. The van der Waals surface area contributed by atoms with Gasteiger partial charge in [0.2, 0.25) is 6.41 Å². The molecule has 2 bridgehead atoms. The summed E-state index contributed by atoms with van der Waals surface area (Å²) in [6, 6.07) is 7.07. The summed E-state index contributed by atoms with van der Waals surface area (Å²) in [5.41, 5.74) is 1.26. The van der Waals surface area contributed by atoms with Crippen molar-refractivity contribution in [3.63, 3.8) is 0 Å². The number of carbonyl (C=O) groups excluding carboxylic acids is 2. The highest BCUT2D eigenvalue weighted by atomic mass is 16.5. The molecule has 1 aromatic heterocycles. The molecule has 2 amide bonds. The van der Waals surface area contributed by atoms with Crippen LogP contribution in [-0.4, -0.2) is 59.2 Å². The third-order valence-corrected chi connectivity index (χ3v) is 9.06. The number of hydrogen-bond acceptors (Lipinski definition) is 6. The quantitative estimate of drug-likeness (QED) is 0.568. The fourth-order valence-corrected chi connectivity index (χ4v) is 7.47. The molecule has 8 heteroatoms. The second kappa shape index (κ2) is 7.09. The number of benzene rings is 1. The number of rotatable bonds is 6. The molecule has 178 valence electrons. The molecule has 1 spiro atoms. The van der Waals surface area contributed by atoms with Crippen LogP contribution in [0.25, 0.3) is 0 Å². The van der Waals surface area contributed by atoms with Crippen molar-refractivity contribution in [2.24, 2.45) is 5.92 Å². The van der Waals surface area contributed by atoms with Crippen molar-refractivity contribution in [3.05, 3.63) is 47.4 Å². The number of anilines is 1. The number of hydrogen-bond donors (Lipinski definition) is 3. The van der Waals surface area contributed by atoms with Crippen LogP contribution < -0.4 is 15.4 Å². The van der Waals surface area contributed by atoms with Crippen molar-refractivity contribution in [2.75, 3.05) is 18.4 Å². The Labute approximate surface area is 197 Å². The fraction of sp³-hybridized carbons (Fsp3) is 0.538. The molecule has 0 radical (unpaired) electrons. The first-order chi connectivity index (χ1) is 16.5.